The summed E-state index contributed by atoms with van der Waals surface area (Å²) >= 11 is 1.39. The van der Waals surface area contributed by atoms with Gasteiger partial charge in [-0.05, 0) is 43.0 Å². The Balaban J connectivity index is 2.02. The summed E-state index contributed by atoms with van der Waals surface area (Å²) in [6.45, 7) is 1.88. The first-order valence-corrected chi connectivity index (χ1v) is 7.05. The fraction of sp³-hybridized carbons (Fsp3) is 0.143. The summed E-state index contributed by atoms with van der Waals surface area (Å²) in [4.78, 5) is 15.7. The number of hydrogen-bond acceptors (Lipinski definition) is 5. The summed E-state index contributed by atoms with van der Waals surface area (Å²) in [5.41, 5.74) is 0.907. The van der Waals surface area contributed by atoms with Gasteiger partial charge in [0, 0.05) is 12.4 Å². The largest absolute Gasteiger partial charge is 0.478 e. The molecule has 106 valence electrons. The van der Waals surface area contributed by atoms with E-state index in [0.29, 0.717) is 10.9 Å². The van der Waals surface area contributed by atoms with Crippen molar-refractivity contribution in [3.05, 3.63) is 41.7 Å². The molecule has 21 heavy (non-hydrogen) atoms. The number of fused-ring (bicyclic) bond motifs is 1. The zero-order valence-corrected chi connectivity index (χ0v) is 12.3. The maximum atomic E-state index is 11.2. The molecule has 0 aliphatic rings. The lowest BCUT2D eigenvalue weighted by atomic mass is 10.1. The van der Waals surface area contributed by atoms with Gasteiger partial charge in [-0.3, -0.25) is 0 Å². The minimum atomic E-state index is -0.952. The molecule has 3 rings (SSSR count). The number of aromatic nitrogens is 4. The van der Waals surface area contributed by atoms with Crippen LogP contribution in [0.1, 0.15) is 16.2 Å². The Morgan fingerprint density at radius 2 is 2.05 bits per heavy atom. The second-order valence-corrected chi connectivity index (χ2v) is 5.51. The minimum Gasteiger partial charge on any atom is -0.478 e. The zero-order chi connectivity index (χ0) is 15.0. The molecule has 0 radical (unpaired) electrons. The van der Waals surface area contributed by atoms with Gasteiger partial charge in [0.2, 0.25) is 0 Å². The third-order valence-corrected chi connectivity index (χ3v) is 4.16. The molecule has 0 atom stereocenters. The number of carboxylic acid groups (broad SMARTS) is 1. The van der Waals surface area contributed by atoms with Crippen LogP contribution in [0.25, 0.3) is 10.9 Å². The number of benzene rings is 1. The predicted octanol–water partition coefficient (Wildman–Crippen LogP) is 2.52. The standard InChI is InChI=1S/C14H12N4O2S/c1-8-16-17-14(18(8)2)21-12-7-6-9-10(13(19)20)4-3-5-11(9)15-12/h3-7H,1-2H3,(H,19,20). The lowest BCUT2D eigenvalue weighted by Crippen LogP contribution is -1.98. The molecule has 7 heteroatoms. The monoisotopic (exact) mass is 300 g/mol. The van der Waals surface area contributed by atoms with E-state index >= 15 is 0 Å². The van der Waals surface area contributed by atoms with Crippen LogP contribution in [0.15, 0.2) is 40.5 Å². The highest BCUT2D eigenvalue weighted by atomic mass is 32.2. The first-order chi connectivity index (χ1) is 10.1. The van der Waals surface area contributed by atoms with Crippen molar-refractivity contribution in [3.8, 4) is 0 Å². The average Bonchev–Trinajstić information content (AvgIpc) is 2.78. The maximum Gasteiger partial charge on any atom is 0.336 e. The highest BCUT2D eigenvalue weighted by Gasteiger charge is 2.11. The highest BCUT2D eigenvalue weighted by Crippen LogP contribution is 2.27. The molecule has 0 aliphatic carbocycles. The van der Waals surface area contributed by atoms with Crippen molar-refractivity contribution in [2.24, 2.45) is 7.05 Å². The Morgan fingerprint density at radius 1 is 1.24 bits per heavy atom. The number of aromatic carboxylic acids is 1. The molecule has 0 saturated heterocycles. The summed E-state index contributed by atoms with van der Waals surface area (Å²) in [5, 5.41) is 19.4. The number of carbonyl (C=O) groups is 1. The van der Waals surface area contributed by atoms with Crippen LogP contribution in [0.2, 0.25) is 0 Å². The predicted molar refractivity (Wildman–Crippen MR) is 78.6 cm³/mol. The van der Waals surface area contributed by atoms with Gasteiger partial charge in [0.05, 0.1) is 11.1 Å². The SMILES string of the molecule is Cc1nnc(Sc2ccc3c(C(=O)O)cccc3n2)n1C. The van der Waals surface area contributed by atoms with E-state index < -0.39 is 5.97 Å². The van der Waals surface area contributed by atoms with Crippen LogP contribution >= 0.6 is 11.8 Å². The van der Waals surface area contributed by atoms with Crippen molar-refractivity contribution in [1.29, 1.82) is 0 Å². The van der Waals surface area contributed by atoms with Gasteiger partial charge in [0.25, 0.3) is 0 Å². The Labute approximate surface area is 124 Å². The highest BCUT2D eigenvalue weighted by molar-refractivity contribution is 7.99. The van der Waals surface area contributed by atoms with Crippen LogP contribution < -0.4 is 0 Å². The van der Waals surface area contributed by atoms with Crippen molar-refractivity contribution >= 4 is 28.6 Å². The second kappa shape index (κ2) is 5.17. The van der Waals surface area contributed by atoms with Crippen LogP contribution in [0, 0.1) is 6.92 Å². The van der Waals surface area contributed by atoms with Crippen molar-refractivity contribution < 1.29 is 9.90 Å². The van der Waals surface area contributed by atoms with E-state index in [2.05, 4.69) is 15.2 Å². The van der Waals surface area contributed by atoms with E-state index in [0.717, 1.165) is 16.0 Å². The molecule has 2 heterocycles. The van der Waals surface area contributed by atoms with Gasteiger partial charge in [0.1, 0.15) is 10.9 Å². The van der Waals surface area contributed by atoms with Gasteiger partial charge in [-0.25, -0.2) is 9.78 Å². The van der Waals surface area contributed by atoms with Crippen LogP contribution in [0.3, 0.4) is 0 Å². The van der Waals surface area contributed by atoms with E-state index in [4.69, 9.17) is 0 Å². The summed E-state index contributed by atoms with van der Waals surface area (Å²) in [7, 11) is 1.89. The zero-order valence-electron chi connectivity index (χ0n) is 11.4. The van der Waals surface area contributed by atoms with Gasteiger partial charge < -0.3 is 9.67 Å². The third kappa shape index (κ3) is 2.47. The number of aryl methyl sites for hydroxylation is 1. The summed E-state index contributed by atoms with van der Waals surface area (Å²) < 4.78 is 1.88. The average molecular weight is 300 g/mol. The third-order valence-electron chi connectivity index (χ3n) is 3.19. The molecule has 1 N–H and O–H groups in total. The first-order valence-electron chi connectivity index (χ1n) is 6.23. The van der Waals surface area contributed by atoms with Gasteiger partial charge in [0.15, 0.2) is 5.16 Å². The Hall–Kier alpha value is -2.41. The lowest BCUT2D eigenvalue weighted by Gasteiger charge is -2.05. The summed E-state index contributed by atoms with van der Waals surface area (Å²) in [5.74, 6) is -0.127. The van der Waals surface area contributed by atoms with Crippen LogP contribution in [0.5, 0.6) is 0 Å². The fourth-order valence-electron chi connectivity index (χ4n) is 1.95. The molecule has 0 bridgehead atoms. The lowest BCUT2D eigenvalue weighted by molar-refractivity contribution is 0.0699. The van der Waals surface area contributed by atoms with Crippen molar-refractivity contribution in [2.45, 2.75) is 17.1 Å². The Bertz CT molecular complexity index is 844. The number of hydrogen-bond donors (Lipinski definition) is 1. The molecule has 0 saturated carbocycles. The van der Waals surface area contributed by atoms with E-state index in [1.165, 1.54) is 11.8 Å². The quantitative estimate of drug-likeness (QED) is 0.800. The maximum absolute atomic E-state index is 11.2. The van der Waals surface area contributed by atoms with Gasteiger partial charge in [-0.15, -0.1) is 10.2 Å². The van der Waals surface area contributed by atoms with Gasteiger partial charge >= 0.3 is 5.97 Å². The number of rotatable bonds is 3. The molecule has 0 amide bonds. The fourth-order valence-corrected chi connectivity index (χ4v) is 2.77. The number of pyridine rings is 1. The molecule has 1 aromatic carbocycles. The molecule has 0 aliphatic heterocycles. The normalized spacial score (nSPS) is 11.0. The van der Waals surface area contributed by atoms with Crippen LogP contribution in [0.4, 0.5) is 0 Å². The van der Waals surface area contributed by atoms with E-state index in [1.807, 2.05) is 18.5 Å². The van der Waals surface area contributed by atoms with E-state index in [-0.39, 0.29) is 5.56 Å². The summed E-state index contributed by atoms with van der Waals surface area (Å²) in [6, 6.07) is 8.64. The molecule has 0 fully saturated rings. The molecule has 3 aromatic rings. The topological polar surface area (TPSA) is 80.9 Å². The van der Waals surface area contributed by atoms with Crippen molar-refractivity contribution in [3.63, 3.8) is 0 Å². The molecule has 0 spiro atoms. The first kappa shape index (κ1) is 13.6. The number of nitrogens with zero attached hydrogens (tertiary/aromatic N) is 4. The molecular weight excluding hydrogens is 288 g/mol. The number of carboxylic acids is 1. The molecular formula is C14H12N4O2S. The smallest absolute Gasteiger partial charge is 0.336 e. The van der Waals surface area contributed by atoms with E-state index in [1.54, 1.807) is 30.3 Å². The van der Waals surface area contributed by atoms with Crippen molar-refractivity contribution in [1.82, 2.24) is 19.7 Å². The summed E-state index contributed by atoms with van der Waals surface area (Å²) in [6.07, 6.45) is 0. The van der Waals surface area contributed by atoms with Gasteiger partial charge in [-0.2, -0.15) is 0 Å². The van der Waals surface area contributed by atoms with Crippen molar-refractivity contribution in [2.75, 3.05) is 0 Å². The molecule has 0 unspecified atom stereocenters. The van der Waals surface area contributed by atoms with E-state index in [9.17, 15) is 9.90 Å². The minimum absolute atomic E-state index is 0.256. The Kier molecular flexibility index (Phi) is 3.34. The molecule has 2 aromatic heterocycles. The second-order valence-electron chi connectivity index (χ2n) is 4.52. The van der Waals surface area contributed by atoms with Gasteiger partial charge in [-0.1, -0.05) is 6.07 Å². The van der Waals surface area contributed by atoms with Crippen LogP contribution in [-0.4, -0.2) is 30.8 Å². The van der Waals surface area contributed by atoms with Crippen LogP contribution in [-0.2, 0) is 7.05 Å². The Morgan fingerprint density at radius 3 is 2.71 bits per heavy atom. The molecule has 6 nitrogen and oxygen atoms in total.